The minimum Gasteiger partial charge on any atom is -0.384 e. The second-order valence-electron chi connectivity index (χ2n) is 5.13. The van der Waals surface area contributed by atoms with Crippen LogP contribution in [0.2, 0.25) is 0 Å². The number of nitrogens with two attached hydrogens (primary N) is 1. The van der Waals surface area contributed by atoms with E-state index in [1.54, 1.807) is 6.20 Å². The van der Waals surface area contributed by atoms with E-state index >= 15 is 0 Å². The number of benzene rings is 1. The molecule has 1 aromatic carbocycles. The van der Waals surface area contributed by atoms with Crippen LogP contribution in [0.1, 0.15) is 27.2 Å². The lowest BCUT2D eigenvalue weighted by atomic mass is 10.1. The first-order valence-electron chi connectivity index (χ1n) is 6.71. The Balaban J connectivity index is 1.81. The van der Waals surface area contributed by atoms with Crippen LogP contribution in [0.15, 0.2) is 24.4 Å². The van der Waals surface area contributed by atoms with E-state index in [2.05, 4.69) is 20.5 Å². The van der Waals surface area contributed by atoms with Crippen LogP contribution in [-0.2, 0) is 6.54 Å². The van der Waals surface area contributed by atoms with Gasteiger partial charge in [-0.1, -0.05) is 0 Å². The number of fused-ring (bicyclic) bond motifs is 1. The highest BCUT2D eigenvalue weighted by Gasteiger charge is 2.10. The van der Waals surface area contributed by atoms with Gasteiger partial charge in [-0.05, 0) is 37.6 Å². The van der Waals surface area contributed by atoms with Crippen molar-refractivity contribution in [3.05, 3.63) is 46.8 Å². The maximum atomic E-state index is 12.2. The molecule has 0 saturated heterocycles. The lowest BCUT2D eigenvalue weighted by molar-refractivity contribution is 0.0951. The molecule has 0 aliphatic carbocycles. The zero-order chi connectivity index (χ0) is 15.0. The number of carbonyl (C=O) groups is 1. The van der Waals surface area contributed by atoms with E-state index in [-0.39, 0.29) is 5.91 Å². The lowest BCUT2D eigenvalue weighted by Gasteiger charge is -2.05. The largest absolute Gasteiger partial charge is 0.384 e. The molecular formula is C15H17N5O. The molecule has 0 fully saturated rings. The number of nitrogens with one attached hydrogen (secondary N) is 3. The highest BCUT2D eigenvalue weighted by Crippen LogP contribution is 2.22. The van der Waals surface area contributed by atoms with Gasteiger partial charge >= 0.3 is 0 Å². The number of anilines is 1. The predicted molar refractivity (Wildman–Crippen MR) is 81.9 cm³/mol. The Morgan fingerprint density at radius 2 is 2.19 bits per heavy atom. The first-order chi connectivity index (χ1) is 10.1. The Morgan fingerprint density at radius 1 is 1.38 bits per heavy atom. The average Bonchev–Trinajstić information content (AvgIpc) is 3.01. The van der Waals surface area contributed by atoms with Gasteiger partial charge in [0.2, 0.25) is 0 Å². The third-order valence-electron chi connectivity index (χ3n) is 3.76. The highest BCUT2D eigenvalue weighted by molar-refractivity contribution is 5.99. The van der Waals surface area contributed by atoms with Crippen LogP contribution < -0.4 is 11.1 Å². The molecule has 108 valence electrons. The summed E-state index contributed by atoms with van der Waals surface area (Å²) in [5.74, 6) is 0.346. The zero-order valence-corrected chi connectivity index (χ0v) is 11.9. The number of hydrogen-bond acceptors (Lipinski definition) is 3. The summed E-state index contributed by atoms with van der Waals surface area (Å²) >= 11 is 0. The first kappa shape index (κ1) is 13.2. The molecule has 0 aliphatic rings. The molecule has 0 atom stereocenters. The van der Waals surface area contributed by atoms with Crippen LogP contribution in [-0.4, -0.2) is 21.1 Å². The normalized spacial score (nSPS) is 11.0. The average molecular weight is 283 g/mol. The van der Waals surface area contributed by atoms with E-state index in [0.717, 1.165) is 22.2 Å². The van der Waals surface area contributed by atoms with Crippen LogP contribution in [0.4, 0.5) is 5.82 Å². The predicted octanol–water partition coefficient (Wildman–Crippen LogP) is 2.02. The number of aryl methyl sites for hydroxylation is 2. The summed E-state index contributed by atoms with van der Waals surface area (Å²) in [7, 11) is 0. The molecule has 1 amide bonds. The van der Waals surface area contributed by atoms with Gasteiger partial charge in [0.05, 0.1) is 6.20 Å². The van der Waals surface area contributed by atoms with Gasteiger partial charge in [0.25, 0.3) is 5.91 Å². The molecule has 3 aromatic rings. The number of rotatable bonds is 3. The molecule has 5 N–H and O–H groups in total. The minimum absolute atomic E-state index is 0.129. The molecule has 3 rings (SSSR count). The fraction of sp³-hybridized carbons (Fsp3) is 0.200. The molecule has 0 saturated carbocycles. The van der Waals surface area contributed by atoms with Crippen LogP contribution >= 0.6 is 0 Å². The fourth-order valence-electron chi connectivity index (χ4n) is 2.34. The molecule has 2 heterocycles. The second-order valence-corrected chi connectivity index (χ2v) is 5.13. The van der Waals surface area contributed by atoms with Crippen molar-refractivity contribution < 1.29 is 4.79 Å². The molecule has 21 heavy (non-hydrogen) atoms. The van der Waals surface area contributed by atoms with Crippen molar-refractivity contribution in [1.82, 2.24) is 20.5 Å². The smallest absolute Gasteiger partial charge is 0.251 e. The van der Waals surface area contributed by atoms with Gasteiger partial charge in [0.15, 0.2) is 0 Å². The van der Waals surface area contributed by atoms with E-state index in [9.17, 15) is 4.79 Å². The van der Waals surface area contributed by atoms with E-state index in [0.29, 0.717) is 17.9 Å². The number of aromatic nitrogens is 3. The molecule has 6 heteroatoms. The molecule has 0 unspecified atom stereocenters. The van der Waals surface area contributed by atoms with Gasteiger partial charge in [-0.25, -0.2) is 0 Å². The summed E-state index contributed by atoms with van der Waals surface area (Å²) in [6, 6.07) is 5.64. The molecule has 0 aliphatic heterocycles. The second kappa shape index (κ2) is 4.97. The van der Waals surface area contributed by atoms with Gasteiger partial charge in [0, 0.05) is 34.3 Å². The third-order valence-corrected chi connectivity index (χ3v) is 3.76. The third kappa shape index (κ3) is 2.35. The zero-order valence-electron chi connectivity index (χ0n) is 11.9. The standard InChI is InChI=1S/C15H17N5O/c1-8-9(2)19-13-4-3-10(5-12(8)13)15(21)17-6-11-7-18-20-14(11)16/h3-5,7,19H,6H2,1-2H3,(H,17,21)(H3,16,18,20). The Morgan fingerprint density at radius 3 is 2.90 bits per heavy atom. The summed E-state index contributed by atoms with van der Waals surface area (Å²) in [4.78, 5) is 15.5. The van der Waals surface area contributed by atoms with Gasteiger partial charge in [-0.3, -0.25) is 9.89 Å². The summed E-state index contributed by atoms with van der Waals surface area (Å²) in [5, 5.41) is 10.4. The van der Waals surface area contributed by atoms with Crippen LogP contribution in [0.3, 0.4) is 0 Å². The monoisotopic (exact) mass is 283 g/mol. The van der Waals surface area contributed by atoms with Crippen molar-refractivity contribution in [2.75, 3.05) is 5.73 Å². The van der Waals surface area contributed by atoms with Gasteiger partial charge in [-0.15, -0.1) is 0 Å². The number of nitrogens with zero attached hydrogens (tertiary/aromatic N) is 1. The van der Waals surface area contributed by atoms with Crippen molar-refractivity contribution in [2.45, 2.75) is 20.4 Å². The molecule has 0 radical (unpaired) electrons. The SMILES string of the molecule is Cc1[nH]c2ccc(C(=O)NCc3cn[nH]c3N)cc2c1C. The number of carbonyl (C=O) groups excluding carboxylic acids is 1. The minimum atomic E-state index is -0.129. The van der Waals surface area contributed by atoms with Gasteiger partial charge < -0.3 is 16.0 Å². The van der Waals surface area contributed by atoms with Gasteiger partial charge in [0.1, 0.15) is 5.82 Å². The quantitative estimate of drug-likeness (QED) is 0.591. The fourth-order valence-corrected chi connectivity index (χ4v) is 2.34. The van der Waals surface area contributed by atoms with Crippen LogP contribution in [0, 0.1) is 13.8 Å². The van der Waals surface area contributed by atoms with Crippen LogP contribution in [0.5, 0.6) is 0 Å². The van der Waals surface area contributed by atoms with E-state index < -0.39 is 0 Å². The summed E-state index contributed by atoms with van der Waals surface area (Å²) in [6.45, 7) is 4.42. The van der Waals surface area contributed by atoms with E-state index in [1.165, 1.54) is 5.56 Å². The van der Waals surface area contributed by atoms with Gasteiger partial charge in [-0.2, -0.15) is 5.10 Å². The Bertz CT molecular complexity index is 815. The molecule has 2 aromatic heterocycles. The van der Waals surface area contributed by atoms with Crippen molar-refractivity contribution in [1.29, 1.82) is 0 Å². The number of amides is 1. The van der Waals surface area contributed by atoms with Crippen molar-refractivity contribution in [3.63, 3.8) is 0 Å². The number of hydrogen-bond donors (Lipinski definition) is 4. The maximum absolute atomic E-state index is 12.2. The van der Waals surface area contributed by atoms with Crippen molar-refractivity contribution in [2.24, 2.45) is 0 Å². The lowest BCUT2D eigenvalue weighted by Crippen LogP contribution is -2.22. The number of nitrogen functional groups attached to an aromatic ring is 1. The Hall–Kier alpha value is -2.76. The molecule has 0 bridgehead atoms. The Kier molecular flexibility index (Phi) is 3.13. The molecular weight excluding hydrogens is 266 g/mol. The maximum Gasteiger partial charge on any atom is 0.251 e. The Labute approximate surface area is 121 Å². The molecule has 6 nitrogen and oxygen atoms in total. The van der Waals surface area contributed by atoms with Crippen molar-refractivity contribution >= 4 is 22.6 Å². The van der Waals surface area contributed by atoms with E-state index in [1.807, 2.05) is 32.0 Å². The first-order valence-corrected chi connectivity index (χ1v) is 6.71. The number of aromatic amines is 2. The highest BCUT2D eigenvalue weighted by atomic mass is 16.1. The summed E-state index contributed by atoms with van der Waals surface area (Å²) in [6.07, 6.45) is 1.61. The number of H-pyrrole nitrogens is 2. The van der Waals surface area contributed by atoms with E-state index in [4.69, 9.17) is 5.73 Å². The molecule has 0 spiro atoms. The van der Waals surface area contributed by atoms with Crippen LogP contribution in [0.25, 0.3) is 10.9 Å². The van der Waals surface area contributed by atoms with Crippen molar-refractivity contribution in [3.8, 4) is 0 Å². The summed E-state index contributed by atoms with van der Waals surface area (Å²) in [5.41, 5.74) is 10.4. The summed E-state index contributed by atoms with van der Waals surface area (Å²) < 4.78 is 0. The topological polar surface area (TPSA) is 99.6 Å².